The van der Waals surface area contributed by atoms with Crippen LogP contribution in [0.15, 0.2) is 42.7 Å². The number of carbonyl (C=O) groups is 1. The molecule has 1 heterocycles. The van der Waals surface area contributed by atoms with Crippen molar-refractivity contribution in [3.05, 3.63) is 59.7 Å². The van der Waals surface area contributed by atoms with Crippen molar-refractivity contribution in [2.24, 2.45) is 0 Å². The summed E-state index contributed by atoms with van der Waals surface area (Å²) in [6, 6.07) is 7.54. The third-order valence-corrected chi connectivity index (χ3v) is 2.44. The molecule has 92 valence electrons. The highest BCUT2D eigenvalue weighted by atomic mass is 19.1. The number of carbonyl (C=O) groups excluding carboxylic acids is 1. The SMILES string of the molecule is Nc1ccc(C(=O)NCc2ccncc2)c(F)c1. The number of nitrogen functional groups attached to an aromatic ring is 1. The largest absolute Gasteiger partial charge is 0.399 e. The van der Waals surface area contributed by atoms with Gasteiger partial charge in [-0.1, -0.05) is 0 Å². The van der Waals surface area contributed by atoms with Crippen molar-refractivity contribution in [2.45, 2.75) is 6.54 Å². The Balaban J connectivity index is 2.04. The molecule has 0 atom stereocenters. The number of nitrogens with one attached hydrogen (secondary N) is 1. The van der Waals surface area contributed by atoms with E-state index in [0.717, 1.165) is 11.6 Å². The van der Waals surface area contributed by atoms with Crippen molar-refractivity contribution >= 4 is 11.6 Å². The molecule has 0 aliphatic rings. The van der Waals surface area contributed by atoms with E-state index in [1.54, 1.807) is 24.5 Å². The number of nitrogens with two attached hydrogens (primary N) is 1. The zero-order valence-corrected chi connectivity index (χ0v) is 9.56. The summed E-state index contributed by atoms with van der Waals surface area (Å²) in [5, 5.41) is 2.63. The third kappa shape index (κ3) is 2.82. The van der Waals surface area contributed by atoms with E-state index in [4.69, 9.17) is 5.73 Å². The van der Waals surface area contributed by atoms with Crippen LogP contribution >= 0.6 is 0 Å². The minimum Gasteiger partial charge on any atom is -0.399 e. The second-order valence-corrected chi connectivity index (χ2v) is 3.78. The van der Waals surface area contributed by atoms with Crippen LogP contribution in [0.1, 0.15) is 15.9 Å². The number of rotatable bonds is 3. The number of hydrogen-bond acceptors (Lipinski definition) is 3. The average Bonchev–Trinajstić information content (AvgIpc) is 2.37. The molecule has 2 rings (SSSR count). The number of benzene rings is 1. The first-order chi connectivity index (χ1) is 8.66. The zero-order valence-electron chi connectivity index (χ0n) is 9.56. The normalized spacial score (nSPS) is 10.1. The van der Waals surface area contributed by atoms with Gasteiger partial charge in [0.05, 0.1) is 5.56 Å². The van der Waals surface area contributed by atoms with Crippen LogP contribution in [0.25, 0.3) is 0 Å². The second-order valence-electron chi connectivity index (χ2n) is 3.78. The molecule has 1 amide bonds. The van der Waals surface area contributed by atoms with Crippen LogP contribution in [0.4, 0.5) is 10.1 Å². The average molecular weight is 245 g/mol. The van der Waals surface area contributed by atoms with E-state index in [1.165, 1.54) is 12.1 Å². The van der Waals surface area contributed by atoms with Crippen LogP contribution in [-0.4, -0.2) is 10.9 Å². The molecule has 0 aliphatic carbocycles. The molecule has 0 unspecified atom stereocenters. The lowest BCUT2D eigenvalue weighted by Gasteiger charge is -2.06. The molecule has 3 N–H and O–H groups in total. The van der Waals surface area contributed by atoms with Gasteiger partial charge in [0.1, 0.15) is 5.82 Å². The monoisotopic (exact) mass is 245 g/mol. The molecule has 2 aromatic rings. The molecule has 5 heteroatoms. The summed E-state index contributed by atoms with van der Waals surface area (Å²) in [6.45, 7) is 0.325. The molecule has 0 saturated heterocycles. The van der Waals surface area contributed by atoms with Crippen molar-refractivity contribution in [2.75, 3.05) is 5.73 Å². The Labute approximate surface area is 104 Å². The molecule has 0 bridgehead atoms. The highest BCUT2D eigenvalue weighted by molar-refractivity contribution is 5.94. The summed E-state index contributed by atoms with van der Waals surface area (Å²) in [4.78, 5) is 15.6. The maximum Gasteiger partial charge on any atom is 0.254 e. The van der Waals surface area contributed by atoms with Gasteiger partial charge in [-0.15, -0.1) is 0 Å². The van der Waals surface area contributed by atoms with Crippen molar-refractivity contribution in [1.29, 1.82) is 0 Å². The molecule has 0 radical (unpaired) electrons. The van der Waals surface area contributed by atoms with E-state index in [2.05, 4.69) is 10.3 Å². The molecule has 18 heavy (non-hydrogen) atoms. The van der Waals surface area contributed by atoms with Gasteiger partial charge in [0.15, 0.2) is 0 Å². The second kappa shape index (κ2) is 5.27. The van der Waals surface area contributed by atoms with Gasteiger partial charge >= 0.3 is 0 Å². The fraction of sp³-hybridized carbons (Fsp3) is 0.0769. The summed E-state index contributed by atoms with van der Waals surface area (Å²) >= 11 is 0. The lowest BCUT2D eigenvalue weighted by Crippen LogP contribution is -2.23. The first-order valence-corrected chi connectivity index (χ1v) is 5.39. The molecule has 1 aromatic heterocycles. The molecule has 0 spiro atoms. The number of amides is 1. The Kier molecular flexibility index (Phi) is 3.52. The topological polar surface area (TPSA) is 68.0 Å². The van der Waals surface area contributed by atoms with Crippen LogP contribution in [0.3, 0.4) is 0 Å². The standard InChI is InChI=1S/C13H12FN3O/c14-12-7-10(15)1-2-11(12)13(18)17-8-9-3-5-16-6-4-9/h1-7H,8,15H2,(H,17,18). The quantitative estimate of drug-likeness (QED) is 0.809. The van der Waals surface area contributed by atoms with Crippen LogP contribution in [0, 0.1) is 5.82 Å². The highest BCUT2D eigenvalue weighted by Crippen LogP contribution is 2.11. The van der Waals surface area contributed by atoms with Crippen LogP contribution < -0.4 is 11.1 Å². The lowest BCUT2D eigenvalue weighted by atomic mass is 10.1. The summed E-state index contributed by atoms with van der Waals surface area (Å²) in [6.07, 6.45) is 3.26. The van der Waals surface area contributed by atoms with E-state index in [-0.39, 0.29) is 11.3 Å². The number of anilines is 1. The maximum absolute atomic E-state index is 13.5. The van der Waals surface area contributed by atoms with Crippen LogP contribution in [-0.2, 0) is 6.54 Å². The van der Waals surface area contributed by atoms with Gasteiger partial charge in [-0.3, -0.25) is 9.78 Å². The number of halogens is 1. The van der Waals surface area contributed by atoms with Crippen molar-refractivity contribution in [3.8, 4) is 0 Å². The van der Waals surface area contributed by atoms with Crippen LogP contribution in [0.2, 0.25) is 0 Å². The van der Waals surface area contributed by atoms with Crippen LogP contribution in [0.5, 0.6) is 0 Å². The van der Waals surface area contributed by atoms with Gasteiger partial charge in [-0.25, -0.2) is 4.39 Å². The van der Waals surface area contributed by atoms with Crippen molar-refractivity contribution in [1.82, 2.24) is 10.3 Å². The smallest absolute Gasteiger partial charge is 0.254 e. The summed E-state index contributed by atoms with van der Waals surface area (Å²) in [5.74, 6) is -1.09. The molecule has 4 nitrogen and oxygen atoms in total. The third-order valence-electron chi connectivity index (χ3n) is 2.44. The summed E-state index contributed by atoms with van der Waals surface area (Å²) in [5.41, 5.74) is 6.59. The van der Waals surface area contributed by atoms with E-state index in [9.17, 15) is 9.18 Å². The molecule has 0 fully saturated rings. The van der Waals surface area contributed by atoms with Gasteiger partial charge in [0.25, 0.3) is 5.91 Å². The molecule has 0 saturated carbocycles. The van der Waals surface area contributed by atoms with Crippen molar-refractivity contribution in [3.63, 3.8) is 0 Å². The maximum atomic E-state index is 13.5. The van der Waals surface area contributed by atoms with E-state index < -0.39 is 11.7 Å². The lowest BCUT2D eigenvalue weighted by molar-refractivity contribution is 0.0947. The zero-order chi connectivity index (χ0) is 13.0. The molecular weight excluding hydrogens is 233 g/mol. The van der Waals surface area contributed by atoms with Gasteiger partial charge in [-0.2, -0.15) is 0 Å². The Morgan fingerprint density at radius 2 is 2.00 bits per heavy atom. The summed E-state index contributed by atoms with van der Waals surface area (Å²) in [7, 11) is 0. The van der Waals surface area contributed by atoms with E-state index in [0.29, 0.717) is 6.54 Å². The fourth-order valence-corrected chi connectivity index (χ4v) is 1.49. The Bertz CT molecular complexity index is 557. The Hall–Kier alpha value is -2.43. The number of nitrogens with zero attached hydrogens (tertiary/aromatic N) is 1. The minimum absolute atomic E-state index is 0.0155. The number of pyridine rings is 1. The summed E-state index contributed by atoms with van der Waals surface area (Å²) < 4.78 is 13.5. The first kappa shape index (κ1) is 12.0. The predicted octanol–water partition coefficient (Wildman–Crippen LogP) is 1.73. The van der Waals surface area contributed by atoms with Gasteiger partial charge in [0.2, 0.25) is 0 Å². The molecular formula is C13H12FN3O. The predicted molar refractivity (Wildman–Crippen MR) is 66.2 cm³/mol. The number of aromatic nitrogens is 1. The fourth-order valence-electron chi connectivity index (χ4n) is 1.49. The molecule has 0 aliphatic heterocycles. The van der Waals surface area contributed by atoms with E-state index >= 15 is 0 Å². The van der Waals surface area contributed by atoms with Gasteiger partial charge < -0.3 is 11.1 Å². The molecule has 1 aromatic carbocycles. The van der Waals surface area contributed by atoms with E-state index in [1.807, 2.05) is 0 Å². The highest BCUT2D eigenvalue weighted by Gasteiger charge is 2.11. The Morgan fingerprint density at radius 3 is 2.67 bits per heavy atom. The first-order valence-electron chi connectivity index (χ1n) is 5.39. The van der Waals surface area contributed by atoms with Crippen molar-refractivity contribution < 1.29 is 9.18 Å². The minimum atomic E-state index is -0.623. The Morgan fingerprint density at radius 1 is 1.28 bits per heavy atom. The van der Waals surface area contributed by atoms with Gasteiger partial charge in [0, 0.05) is 24.6 Å². The number of hydrogen-bond donors (Lipinski definition) is 2. The van der Waals surface area contributed by atoms with Gasteiger partial charge in [-0.05, 0) is 35.9 Å².